The number of benzene rings is 2. The van der Waals surface area contributed by atoms with E-state index in [1.165, 1.54) is 4.90 Å². The lowest BCUT2D eigenvalue weighted by atomic mass is 9.97. The molecule has 0 bridgehead atoms. The van der Waals surface area contributed by atoms with Gasteiger partial charge in [0.05, 0.1) is 18.7 Å². The number of rotatable bonds is 7. The van der Waals surface area contributed by atoms with Gasteiger partial charge < -0.3 is 9.64 Å². The van der Waals surface area contributed by atoms with Crippen molar-refractivity contribution in [3.8, 4) is 5.75 Å². The molecule has 0 aliphatic carbocycles. The van der Waals surface area contributed by atoms with Crippen LogP contribution in [0.4, 0.5) is 0 Å². The van der Waals surface area contributed by atoms with E-state index in [2.05, 4.69) is 18.7 Å². The number of hydrogen-bond donors (Lipinski definition) is 0. The van der Waals surface area contributed by atoms with Gasteiger partial charge in [0.1, 0.15) is 11.4 Å². The van der Waals surface area contributed by atoms with Gasteiger partial charge >= 0.3 is 0 Å². The molecule has 2 aliphatic rings. The minimum Gasteiger partial charge on any atom is -0.494 e. The molecule has 162 valence electrons. The van der Waals surface area contributed by atoms with Crippen LogP contribution in [0, 0.1) is 5.92 Å². The monoisotopic (exact) mass is 418 g/mol. The molecular formula is C26H30N2O3. The largest absolute Gasteiger partial charge is 0.494 e. The van der Waals surface area contributed by atoms with E-state index in [0.717, 1.165) is 49.2 Å². The Hall–Kier alpha value is -3.08. The van der Waals surface area contributed by atoms with Crippen LogP contribution >= 0.6 is 0 Å². The predicted octanol–water partition coefficient (Wildman–Crippen LogP) is 4.49. The second kappa shape index (κ2) is 9.38. The fourth-order valence-electron chi connectivity index (χ4n) is 4.36. The third-order valence-electron chi connectivity index (χ3n) is 5.92. The first-order valence-electron chi connectivity index (χ1n) is 11.2. The van der Waals surface area contributed by atoms with Crippen LogP contribution in [0.5, 0.6) is 5.75 Å². The van der Waals surface area contributed by atoms with Gasteiger partial charge in [-0.05, 0) is 48.4 Å². The van der Waals surface area contributed by atoms with Crippen molar-refractivity contribution in [2.75, 3.05) is 19.7 Å². The Morgan fingerprint density at radius 1 is 1.00 bits per heavy atom. The average Bonchev–Trinajstić information content (AvgIpc) is 3.03. The third-order valence-corrected chi connectivity index (χ3v) is 5.92. The minimum atomic E-state index is -0.218. The molecule has 1 atom stereocenters. The number of piperidine rings is 1. The van der Waals surface area contributed by atoms with Crippen molar-refractivity contribution in [2.24, 2.45) is 5.92 Å². The second-order valence-electron chi connectivity index (χ2n) is 8.47. The van der Waals surface area contributed by atoms with Crippen LogP contribution in [0.1, 0.15) is 44.2 Å². The van der Waals surface area contributed by atoms with E-state index in [-0.39, 0.29) is 18.4 Å². The summed E-state index contributed by atoms with van der Waals surface area (Å²) in [6, 6.07) is 17.2. The molecule has 2 heterocycles. The fourth-order valence-corrected chi connectivity index (χ4v) is 4.36. The van der Waals surface area contributed by atoms with Crippen molar-refractivity contribution in [1.82, 2.24) is 9.80 Å². The lowest BCUT2D eigenvalue weighted by Gasteiger charge is -2.33. The standard InChI is InChI=1S/C26H30N2O3/c1-3-16-31-22-13-11-21(12-14-22)23-24(27-15-7-8-19(2)17-27)26(30)28(25(23)29)18-20-9-5-4-6-10-20/h4-6,9-14,19H,3,7-8,15-18H2,1-2H3. The molecule has 2 aliphatic heterocycles. The van der Waals surface area contributed by atoms with Crippen LogP contribution in [0.25, 0.3) is 5.57 Å². The molecule has 0 aromatic heterocycles. The van der Waals surface area contributed by atoms with Gasteiger partial charge in [-0.2, -0.15) is 0 Å². The summed E-state index contributed by atoms with van der Waals surface area (Å²) in [6.45, 7) is 6.81. The molecular weight excluding hydrogens is 388 g/mol. The van der Waals surface area contributed by atoms with E-state index in [1.807, 2.05) is 54.6 Å². The van der Waals surface area contributed by atoms with Crippen LogP contribution in [0.2, 0.25) is 0 Å². The SMILES string of the molecule is CCCOc1ccc(C2=C(N3CCCC(C)C3)C(=O)N(Cc3ccccc3)C2=O)cc1. The summed E-state index contributed by atoms with van der Waals surface area (Å²) in [7, 11) is 0. The Balaban J connectivity index is 1.69. The van der Waals surface area contributed by atoms with Gasteiger partial charge in [0.25, 0.3) is 11.8 Å². The van der Waals surface area contributed by atoms with E-state index in [4.69, 9.17) is 4.74 Å². The third kappa shape index (κ3) is 4.50. The van der Waals surface area contributed by atoms with Crippen LogP contribution in [-0.4, -0.2) is 41.3 Å². The van der Waals surface area contributed by atoms with Gasteiger partial charge in [0.15, 0.2) is 0 Å². The lowest BCUT2D eigenvalue weighted by Crippen LogP contribution is -2.39. The highest BCUT2D eigenvalue weighted by Gasteiger charge is 2.42. The molecule has 0 saturated carbocycles. The smallest absolute Gasteiger partial charge is 0.278 e. The molecule has 1 saturated heterocycles. The summed E-state index contributed by atoms with van der Waals surface area (Å²) in [6.07, 6.45) is 3.12. The first-order chi connectivity index (χ1) is 15.1. The molecule has 4 rings (SSSR count). The van der Waals surface area contributed by atoms with Crippen molar-refractivity contribution in [3.63, 3.8) is 0 Å². The van der Waals surface area contributed by atoms with Crippen LogP contribution in [0.3, 0.4) is 0 Å². The number of nitrogens with zero attached hydrogens (tertiary/aromatic N) is 2. The Bertz CT molecular complexity index is 966. The van der Waals surface area contributed by atoms with Crippen molar-refractivity contribution in [1.29, 1.82) is 0 Å². The molecule has 5 heteroatoms. The average molecular weight is 419 g/mol. The first-order valence-corrected chi connectivity index (χ1v) is 11.2. The number of carbonyl (C=O) groups is 2. The van der Waals surface area contributed by atoms with E-state index in [0.29, 0.717) is 23.8 Å². The van der Waals surface area contributed by atoms with Crippen LogP contribution in [0.15, 0.2) is 60.3 Å². The van der Waals surface area contributed by atoms with Gasteiger partial charge in [-0.1, -0.05) is 56.3 Å². The summed E-state index contributed by atoms with van der Waals surface area (Å²) < 4.78 is 5.69. The van der Waals surface area contributed by atoms with Gasteiger partial charge in [-0.15, -0.1) is 0 Å². The van der Waals surface area contributed by atoms with Gasteiger partial charge in [0.2, 0.25) is 0 Å². The Labute approximate surface area is 184 Å². The Kier molecular flexibility index (Phi) is 6.40. The van der Waals surface area contributed by atoms with E-state index in [1.54, 1.807) is 0 Å². The topological polar surface area (TPSA) is 49.9 Å². The highest BCUT2D eigenvalue weighted by Crippen LogP contribution is 2.35. The number of imide groups is 1. The minimum absolute atomic E-state index is 0.190. The van der Waals surface area contributed by atoms with E-state index < -0.39 is 0 Å². The normalized spacial score (nSPS) is 19.4. The molecule has 31 heavy (non-hydrogen) atoms. The molecule has 5 nitrogen and oxygen atoms in total. The molecule has 2 aromatic carbocycles. The van der Waals surface area contributed by atoms with Crippen molar-refractivity contribution in [3.05, 3.63) is 71.4 Å². The van der Waals surface area contributed by atoms with E-state index >= 15 is 0 Å². The van der Waals surface area contributed by atoms with Crippen molar-refractivity contribution < 1.29 is 14.3 Å². The number of hydrogen-bond acceptors (Lipinski definition) is 4. The van der Waals surface area contributed by atoms with Crippen molar-refractivity contribution >= 4 is 17.4 Å². The maximum atomic E-state index is 13.5. The molecule has 0 spiro atoms. The zero-order valence-electron chi connectivity index (χ0n) is 18.3. The zero-order chi connectivity index (χ0) is 21.8. The highest BCUT2D eigenvalue weighted by molar-refractivity contribution is 6.35. The van der Waals surface area contributed by atoms with Gasteiger partial charge in [-0.3, -0.25) is 14.5 Å². The van der Waals surface area contributed by atoms with Crippen LogP contribution < -0.4 is 4.74 Å². The summed E-state index contributed by atoms with van der Waals surface area (Å²) in [4.78, 5) is 30.5. The number of ether oxygens (including phenoxy) is 1. The van der Waals surface area contributed by atoms with Gasteiger partial charge in [0, 0.05) is 13.1 Å². The van der Waals surface area contributed by atoms with Crippen LogP contribution in [-0.2, 0) is 16.1 Å². The highest BCUT2D eigenvalue weighted by atomic mass is 16.5. The number of amides is 2. The van der Waals surface area contributed by atoms with Gasteiger partial charge in [-0.25, -0.2) is 0 Å². The second-order valence-corrected chi connectivity index (χ2v) is 8.47. The summed E-state index contributed by atoms with van der Waals surface area (Å²) >= 11 is 0. The quantitative estimate of drug-likeness (QED) is 0.622. The summed E-state index contributed by atoms with van der Waals surface area (Å²) in [5.41, 5.74) is 2.78. The fraction of sp³-hybridized carbons (Fsp3) is 0.385. The Morgan fingerprint density at radius 2 is 1.74 bits per heavy atom. The maximum absolute atomic E-state index is 13.5. The first kappa shape index (κ1) is 21.2. The number of likely N-dealkylation sites (tertiary alicyclic amines) is 1. The Morgan fingerprint density at radius 3 is 2.42 bits per heavy atom. The molecule has 1 unspecified atom stereocenters. The zero-order valence-corrected chi connectivity index (χ0v) is 18.3. The summed E-state index contributed by atoms with van der Waals surface area (Å²) in [5, 5.41) is 0. The maximum Gasteiger partial charge on any atom is 0.278 e. The molecule has 0 N–H and O–H groups in total. The predicted molar refractivity (Wildman–Crippen MR) is 121 cm³/mol. The molecule has 0 radical (unpaired) electrons. The molecule has 2 amide bonds. The summed E-state index contributed by atoms with van der Waals surface area (Å²) in [5.74, 6) is 0.865. The lowest BCUT2D eigenvalue weighted by molar-refractivity contribution is -0.138. The number of carbonyl (C=O) groups excluding carboxylic acids is 2. The van der Waals surface area contributed by atoms with Crippen molar-refractivity contribution in [2.45, 2.75) is 39.7 Å². The van der Waals surface area contributed by atoms with E-state index in [9.17, 15) is 9.59 Å². The molecule has 2 aromatic rings. The molecule has 1 fully saturated rings.